The van der Waals surface area contributed by atoms with Crippen LogP contribution in [0.2, 0.25) is 0 Å². The van der Waals surface area contributed by atoms with Crippen LogP contribution in [-0.4, -0.2) is 26.8 Å². The van der Waals surface area contributed by atoms with Gasteiger partial charge in [0.1, 0.15) is 5.69 Å². The lowest BCUT2D eigenvalue weighted by atomic mass is 10.2. The average molecular weight is 295 g/mol. The summed E-state index contributed by atoms with van der Waals surface area (Å²) >= 11 is 0. The minimum Gasteiger partial charge on any atom is -0.307 e. The van der Waals surface area contributed by atoms with Crippen molar-refractivity contribution in [1.29, 1.82) is 0 Å². The van der Waals surface area contributed by atoms with Gasteiger partial charge in [0.05, 0.1) is 6.04 Å². The molecule has 2 rings (SSSR count). The van der Waals surface area contributed by atoms with Gasteiger partial charge in [-0.05, 0) is 48.4 Å². The first kappa shape index (κ1) is 15.5. The Kier molecular flexibility index (Phi) is 4.62. The van der Waals surface area contributed by atoms with Crippen LogP contribution in [0.5, 0.6) is 0 Å². The molecule has 1 aromatic carbocycles. The molecule has 0 radical (unpaired) electrons. The van der Waals surface area contributed by atoms with Crippen molar-refractivity contribution in [2.24, 2.45) is 5.92 Å². The van der Waals surface area contributed by atoms with Gasteiger partial charge in [0, 0.05) is 0 Å². The first-order valence-electron chi connectivity index (χ1n) is 6.88. The van der Waals surface area contributed by atoms with E-state index in [1.54, 1.807) is 6.92 Å². The van der Waals surface area contributed by atoms with Crippen LogP contribution in [0.1, 0.15) is 38.2 Å². The second-order valence-electron chi connectivity index (χ2n) is 5.50. The second-order valence-corrected chi connectivity index (χ2v) is 5.50. The lowest BCUT2D eigenvalue weighted by Gasteiger charge is -2.16. The third kappa shape index (κ3) is 3.24. The molecule has 5 nitrogen and oxygen atoms in total. The molecule has 2 aromatic rings. The lowest BCUT2D eigenvalue weighted by molar-refractivity contribution is 0.468. The van der Waals surface area contributed by atoms with E-state index in [1.165, 1.54) is 12.1 Å². The van der Waals surface area contributed by atoms with Crippen molar-refractivity contribution in [2.45, 2.75) is 33.7 Å². The van der Waals surface area contributed by atoms with Crippen LogP contribution in [0.25, 0.3) is 5.69 Å². The van der Waals surface area contributed by atoms with Crippen molar-refractivity contribution in [2.75, 3.05) is 6.54 Å². The Morgan fingerprint density at radius 1 is 1.24 bits per heavy atom. The standard InChI is InChI=1S/C14H19F2N5/c1-8(2)7-17-10(4)14-18-19-20-21(14)13-11(15)6-5-9(3)12(13)16/h5-6,8,10,17H,7H2,1-4H3. The first-order valence-corrected chi connectivity index (χ1v) is 6.88. The monoisotopic (exact) mass is 295 g/mol. The summed E-state index contributed by atoms with van der Waals surface area (Å²) in [5.41, 5.74) is 0.101. The van der Waals surface area contributed by atoms with Crippen LogP contribution >= 0.6 is 0 Å². The first-order chi connectivity index (χ1) is 9.91. The Morgan fingerprint density at radius 3 is 2.62 bits per heavy atom. The summed E-state index contributed by atoms with van der Waals surface area (Å²) in [4.78, 5) is 0. The Morgan fingerprint density at radius 2 is 1.95 bits per heavy atom. The van der Waals surface area contributed by atoms with Crippen LogP contribution in [0.4, 0.5) is 8.78 Å². The van der Waals surface area contributed by atoms with Gasteiger partial charge in [0.25, 0.3) is 0 Å². The highest BCUT2D eigenvalue weighted by molar-refractivity contribution is 5.39. The molecule has 0 saturated carbocycles. The molecule has 0 spiro atoms. The Labute approximate surface area is 122 Å². The predicted octanol–water partition coefficient (Wildman–Crippen LogP) is 2.56. The number of halogens is 2. The fourth-order valence-corrected chi connectivity index (χ4v) is 1.96. The van der Waals surface area contributed by atoms with Gasteiger partial charge in [-0.2, -0.15) is 4.68 Å². The van der Waals surface area contributed by atoms with Crippen molar-refractivity contribution in [1.82, 2.24) is 25.5 Å². The van der Waals surface area contributed by atoms with Gasteiger partial charge in [0.2, 0.25) is 0 Å². The summed E-state index contributed by atoms with van der Waals surface area (Å²) in [5, 5.41) is 14.4. The zero-order chi connectivity index (χ0) is 15.6. The van der Waals surface area contributed by atoms with Crippen LogP contribution in [0.3, 0.4) is 0 Å². The fourth-order valence-electron chi connectivity index (χ4n) is 1.96. The van der Waals surface area contributed by atoms with Gasteiger partial charge in [-0.3, -0.25) is 0 Å². The zero-order valence-electron chi connectivity index (χ0n) is 12.6. The number of aryl methyl sites for hydroxylation is 1. The van der Waals surface area contributed by atoms with Gasteiger partial charge in [-0.15, -0.1) is 5.10 Å². The molecule has 0 aliphatic rings. The number of rotatable bonds is 5. The molecule has 0 bridgehead atoms. The predicted molar refractivity (Wildman–Crippen MR) is 75.1 cm³/mol. The van der Waals surface area contributed by atoms with E-state index in [9.17, 15) is 8.78 Å². The van der Waals surface area contributed by atoms with Crippen molar-refractivity contribution in [3.8, 4) is 5.69 Å². The zero-order valence-corrected chi connectivity index (χ0v) is 12.6. The quantitative estimate of drug-likeness (QED) is 0.921. The van der Waals surface area contributed by atoms with E-state index in [4.69, 9.17) is 0 Å². The summed E-state index contributed by atoms with van der Waals surface area (Å²) in [7, 11) is 0. The van der Waals surface area contributed by atoms with Gasteiger partial charge < -0.3 is 5.32 Å². The number of tetrazole rings is 1. The molecule has 0 amide bonds. The van der Waals surface area contributed by atoms with Crippen molar-refractivity contribution in [3.63, 3.8) is 0 Å². The van der Waals surface area contributed by atoms with Crippen LogP contribution in [-0.2, 0) is 0 Å². The van der Waals surface area contributed by atoms with E-state index < -0.39 is 11.6 Å². The number of hydrogen-bond donors (Lipinski definition) is 1. The highest BCUT2D eigenvalue weighted by Gasteiger charge is 2.21. The summed E-state index contributed by atoms with van der Waals surface area (Å²) in [6, 6.07) is 2.38. The third-order valence-electron chi connectivity index (χ3n) is 3.19. The van der Waals surface area contributed by atoms with E-state index >= 15 is 0 Å². The van der Waals surface area contributed by atoms with Crippen LogP contribution in [0, 0.1) is 24.5 Å². The number of nitrogens with zero attached hydrogens (tertiary/aromatic N) is 4. The maximum atomic E-state index is 14.2. The fraction of sp³-hybridized carbons (Fsp3) is 0.500. The van der Waals surface area contributed by atoms with Gasteiger partial charge in [0.15, 0.2) is 17.5 Å². The number of benzene rings is 1. The van der Waals surface area contributed by atoms with Crippen LogP contribution < -0.4 is 5.32 Å². The van der Waals surface area contributed by atoms with E-state index in [0.29, 0.717) is 17.3 Å². The maximum Gasteiger partial charge on any atom is 0.173 e. The number of nitrogens with one attached hydrogen (secondary N) is 1. The summed E-state index contributed by atoms with van der Waals surface area (Å²) < 4.78 is 29.3. The SMILES string of the molecule is Cc1ccc(F)c(-n2nnnc2C(C)NCC(C)C)c1F. The summed E-state index contributed by atoms with van der Waals surface area (Å²) in [5.74, 6) is -0.523. The highest BCUT2D eigenvalue weighted by Crippen LogP contribution is 2.22. The molecule has 1 atom stereocenters. The van der Waals surface area contributed by atoms with Crippen LogP contribution in [0.15, 0.2) is 12.1 Å². The normalized spacial score (nSPS) is 12.9. The van der Waals surface area contributed by atoms with Crippen molar-refractivity contribution in [3.05, 3.63) is 35.2 Å². The Bertz CT molecular complexity index is 624. The Hall–Kier alpha value is -1.89. The minimum absolute atomic E-state index is 0.221. The molecule has 0 aliphatic heterocycles. The maximum absolute atomic E-state index is 14.2. The molecule has 0 fully saturated rings. The molecule has 1 heterocycles. The number of aromatic nitrogens is 4. The second kappa shape index (κ2) is 6.26. The molecule has 1 unspecified atom stereocenters. The molecular weight excluding hydrogens is 276 g/mol. The topological polar surface area (TPSA) is 55.6 Å². The highest BCUT2D eigenvalue weighted by atomic mass is 19.1. The minimum atomic E-state index is -0.692. The van der Waals surface area contributed by atoms with E-state index in [2.05, 4.69) is 34.7 Å². The smallest absolute Gasteiger partial charge is 0.173 e. The van der Waals surface area contributed by atoms with Crippen molar-refractivity contribution >= 4 is 0 Å². The molecule has 21 heavy (non-hydrogen) atoms. The number of hydrogen-bond acceptors (Lipinski definition) is 4. The Balaban J connectivity index is 2.39. The van der Waals surface area contributed by atoms with Gasteiger partial charge in [-0.1, -0.05) is 19.9 Å². The third-order valence-corrected chi connectivity index (χ3v) is 3.19. The van der Waals surface area contributed by atoms with Gasteiger partial charge >= 0.3 is 0 Å². The van der Waals surface area contributed by atoms with E-state index in [0.717, 1.165) is 11.2 Å². The molecule has 1 aromatic heterocycles. The van der Waals surface area contributed by atoms with E-state index in [1.807, 2.05) is 6.92 Å². The van der Waals surface area contributed by atoms with Gasteiger partial charge in [-0.25, -0.2) is 8.78 Å². The van der Waals surface area contributed by atoms with Crippen molar-refractivity contribution < 1.29 is 8.78 Å². The molecule has 114 valence electrons. The largest absolute Gasteiger partial charge is 0.307 e. The summed E-state index contributed by atoms with van der Waals surface area (Å²) in [6.07, 6.45) is 0. The summed E-state index contributed by atoms with van der Waals surface area (Å²) in [6.45, 7) is 8.33. The lowest BCUT2D eigenvalue weighted by Crippen LogP contribution is -2.26. The average Bonchev–Trinajstić information content (AvgIpc) is 2.90. The van der Waals surface area contributed by atoms with E-state index in [-0.39, 0.29) is 11.7 Å². The molecular formula is C14H19F2N5. The molecule has 0 saturated heterocycles. The molecule has 7 heteroatoms. The molecule has 1 N–H and O–H groups in total. The molecule has 0 aliphatic carbocycles.